The molecule has 0 spiro atoms. The number of carbonyl (C=O) groups is 1. The minimum absolute atomic E-state index is 0.0916. The Morgan fingerprint density at radius 1 is 1.50 bits per heavy atom. The van der Waals surface area contributed by atoms with E-state index in [0.29, 0.717) is 9.23 Å². The van der Waals surface area contributed by atoms with Crippen molar-refractivity contribution in [1.29, 1.82) is 0 Å². The van der Waals surface area contributed by atoms with Crippen LogP contribution in [0.5, 0.6) is 0 Å². The van der Waals surface area contributed by atoms with Crippen molar-refractivity contribution in [3.05, 3.63) is 26.8 Å². The first-order valence-electron chi connectivity index (χ1n) is 3.96. The molecule has 5 heteroatoms. The summed E-state index contributed by atoms with van der Waals surface area (Å²) in [5.41, 5.74) is 0. The molecule has 0 atom stereocenters. The molecule has 0 aromatic carbocycles. The van der Waals surface area contributed by atoms with Crippen molar-refractivity contribution in [2.75, 3.05) is 0 Å². The highest BCUT2D eigenvalue weighted by molar-refractivity contribution is 8.26. The molecule has 1 aromatic rings. The molecule has 1 saturated heterocycles. The molecule has 0 aliphatic carbocycles. The number of nitrogens with one attached hydrogen (secondary N) is 1. The Morgan fingerprint density at radius 3 is 2.79 bits per heavy atom. The van der Waals surface area contributed by atoms with E-state index in [1.807, 2.05) is 25.1 Å². The topological polar surface area (TPSA) is 29.1 Å². The van der Waals surface area contributed by atoms with E-state index in [2.05, 4.69) is 5.32 Å². The minimum Gasteiger partial charge on any atom is -0.307 e. The van der Waals surface area contributed by atoms with Gasteiger partial charge in [-0.1, -0.05) is 24.0 Å². The SMILES string of the molecule is Cc1ccc(/C=C2/SC(=S)NC2=O)s1. The first-order chi connectivity index (χ1) is 6.65. The number of thiophene rings is 1. The second-order valence-electron chi connectivity index (χ2n) is 2.80. The third-order valence-corrected chi connectivity index (χ3v) is 3.79. The highest BCUT2D eigenvalue weighted by atomic mass is 32.2. The van der Waals surface area contributed by atoms with Crippen LogP contribution in [0.3, 0.4) is 0 Å². The van der Waals surface area contributed by atoms with Crippen LogP contribution < -0.4 is 5.32 Å². The van der Waals surface area contributed by atoms with Gasteiger partial charge in [-0.3, -0.25) is 4.79 Å². The Hall–Kier alpha value is -0.650. The summed E-state index contributed by atoms with van der Waals surface area (Å²) in [6.07, 6.45) is 1.87. The molecule has 2 rings (SSSR count). The van der Waals surface area contributed by atoms with Crippen LogP contribution in [0.25, 0.3) is 6.08 Å². The number of thiocarbonyl (C=S) groups is 1. The largest absolute Gasteiger partial charge is 0.307 e. The van der Waals surface area contributed by atoms with Crippen LogP contribution >= 0.6 is 35.3 Å². The third-order valence-electron chi connectivity index (χ3n) is 1.68. The number of hydrogen-bond acceptors (Lipinski definition) is 4. The summed E-state index contributed by atoms with van der Waals surface area (Å²) in [6, 6.07) is 4.04. The zero-order valence-electron chi connectivity index (χ0n) is 7.37. The molecule has 1 aromatic heterocycles. The Labute approximate surface area is 95.4 Å². The molecule has 2 heterocycles. The summed E-state index contributed by atoms with van der Waals surface area (Å²) in [5.74, 6) is -0.0916. The lowest BCUT2D eigenvalue weighted by Crippen LogP contribution is -2.17. The molecule has 72 valence electrons. The van der Waals surface area contributed by atoms with Crippen LogP contribution in [0.2, 0.25) is 0 Å². The molecule has 2 nitrogen and oxygen atoms in total. The van der Waals surface area contributed by atoms with Crippen LogP contribution in [0.4, 0.5) is 0 Å². The van der Waals surface area contributed by atoms with Crippen molar-refractivity contribution >= 4 is 51.6 Å². The molecule has 1 aliphatic heterocycles. The van der Waals surface area contributed by atoms with Gasteiger partial charge in [-0.05, 0) is 25.1 Å². The second kappa shape index (κ2) is 3.84. The molecular formula is C9H7NOS3. The van der Waals surface area contributed by atoms with Gasteiger partial charge in [0.15, 0.2) is 0 Å². The molecule has 0 unspecified atom stereocenters. The number of rotatable bonds is 1. The Kier molecular flexibility index (Phi) is 2.71. The molecule has 1 N–H and O–H groups in total. The van der Waals surface area contributed by atoms with Crippen molar-refractivity contribution in [3.63, 3.8) is 0 Å². The Bertz CT molecular complexity index is 433. The smallest absolute Gasteiger partial charge is 0.263 e. The average Bonchev–Trinajstić information content (AvgIpc) is 2.61. The summed E-state index contributed by atoms with van der Waals surface area (Å²) in [6.45, 7) is 2.04. The molecule has 0 radical (unpaired) electrons. The van der Waals surface area contributed by atoms with Crippen molar-refractivity contribution in [2.45, 2.75) is 6.92 Å². The fourth-order valence-electron chi connectivity index (χ4n) is 1.08. The number of aryl methyl sites for hydroxylation is 1. The normalized spacial score (nSPS) is 19.1. The second-order valence-corrected chi connectivity index (χ2v) is 5.84. The van der Waals surface area contributed by atoms with Crippen molar-refractivity contribution in [2.24, 2.45) is 0 Å². The quantitative estimate of drug-likeness (QED) is 0.605. The van der Waals surface area contributed by atoms with E-state index >= 15 is 0 Å². The van der Waals surface area contributed by atoms with Gasteiger partial charge in [0.25, 0.3) is 5.91 Å². The van der Waals surface area contributed by atoms with Crippen molar-refractivity contribution < 1.29 is 4.79 Å². The van der Waals surface area contributed by atoms with Crippen molar-refractivity contribution in [3.8, 4) is 0 Å². The predicted molar refractivity (Wildman–Crippen MR) is 65.4 cm³/mol. The molecule has 0 bridgehead atoms. The summed E-state index contributed by atoms with van der Waals surface area (Å²) < 4.78 is 0.537. The maximum absolute atomic E-state index is 11.3. The fraction of sp³-hybridized carbons (Fsp3) is 0.111. The van der Waals surface area contributed by atoms with Gasteiger partial charge < -0.3 is 5.32 Å². The molecule has 14 heavy (non-hydrogen) atoms. The molecular weight excluding hydrogens is 234 g/mol. The summed E-state index contributed by atoms with van der Waals surface area (Å²) in [4.78, 5) is 14.3. The van der Waals surface area contributed by atoms with E-state index in [4.69, 9.17) is 12.2 Å². The first-order valence-corrected chi connectivity index (χ1v) is 6.00. The van der Waals surface area contributed by atoms with Gasteiger partial charge in [-0.25, -0.2) is 0 Å². The Morgan fingerprint density at radius 2 is 2.29 bits per heavy atom. The molecule has 0 saturated carbocycles. The van der Waals surface area contributed by atoms with Gasteiger partial charge in [0, 0.05) is 9.75 Å². The molecule has 1 aliphatic rings. The van der Waals surface area contributed by atoms with Gasteiger partial charge in [-0.15, -0.1) is 11.3 Å². The monoisotopic (exact) mass is 241 g/mol. The maximum Gasteiger partial charge on any atom is 0.263 e. The van der Waals surface area contributed by atoms with Crippen LogP contribution in [-0.2, 0) is 4.79 Å². The summed E-state index contributed by atoms with van der Waals surface area (Å²) >= 11 is 7.87. The van der Waals surface area contributed by atoms with Crippen LogP contribution in [0, 0.1) is 6.92 Å². The highest BCUT2D eigenvalue weighted by Gasteiger charge is 2.21. The van der Waals surface area contributed by atoms with Gasteiger partial charge in [0.2, 0.25) is 0 Å². The van der Waals surface area contributed by atoms with E-state index < -0.39 is 0 Å². The fourth-order valence-corrected chi connectivity index (χ4v) is 3.01. The zero-order valence-corrected chi connectivity index (χ0v) is 9.81. The van der Waals surface area contributed by atoms with Gasteiger partial charge in [0.05, 0.1) is 4.91 Å². The number of hydrogen-bond donors (Lipinski definition) is 1. The standard InChI is InChI=1S/C9H7NOS3/c1-5-2-3-6(13-5)4-7-8(11)10-9(12)14-7/h2-4H,1H3,(H,10,11,12)/b7-4+. The molecule has 1 amide bonds. The van der Waals surface area contributed by atoms with Crippen LogP contribution in [-0.4, -0.2) is 10.2 Å². The Balaban J connectivity index is 2.27. The van der Waals surface area contributed by atoms with E-state index in [1.165, 1.54) is 16.6 Å². The van der Waals surface area contributed by atoms with E-state index in [9.17, 15) is 4.79 Å². The zero-order chi connectivity index (χ0) is 10.1. The lowest BCUT2D eigenvalue weighted by Gasteiger charge is -1.88. The van der Waals surface area contributed by atoms with E-state index in [0.717, 1.165) is 4.88 Å². The minimum atomic E-state index is -0.0916. The number of thioether (sulfide) groups is 1. The highest BCUT2D eigenvalue weighted by Crippen LogP contribution is 2.27. The van der Waals surface area contributed by atoms with Crippen LogP contribution in [0.15, 0.2) is 17.0 Å². The van der Waals surface area contributed by atoms with Crippen molar-refractivity contribution in [1.82, 2.24) is 5.32 Å². The predicted octanol–water partition coefficient (Wildman–Crippen LogP) is 2.55. The summed E-state index contributed by atoms with van der Waals surface area (Å²) in [7, 11) is 0. The number of amides is 1. The van der Waals surface area contributed by atoms with Gasteiger partial charge in [0.1, 0.15) is 4.32 Å². The molecule has 1 fully saturated rings. The lowest BCUT2D eigenvalue weighted by atomic mass is 10.4. The number of carbonyl (C=O) groups excluding carboxylic acids is 1. The van der Waals surface area contributed by atoms with Crippen LogP contribution in [0.1, 0.15) is 9.75 Å². The first kappa shape index (κ1) is 9.89. The lowest BCUT2D eigenvalue weighted by molar-refractivity contribution is -0.115. The summed E-state index contributed by atoms with van der Waals surface area (Å²) in [5, 5.41) is 2.59. The van der Waals surface area contributed by atoms with Gasteiger partial charge >= 0.3 is 0 Å². The van der Waals surface area contributed by atoms with E-state index in [1.54, 1.807) is 11.3 Å². The van der Waals surface area contributed by atoms with Gasteiger partial charge in [-0.2, -0.15) is 0 Å². The van der Waals surface area contributed by atoms with E-state index in [-0.39, 0.29) is 5.91 Å². The average molecular weight is 241 g/mol. The third kappa shape index (κ3) is 2.05. The maximum atomic E-state index is 11.3.